The van der Waals surface area contributed by atoms with Gasteiger partial charge in [-0.1, -0.05) is 6.07 Å². The van der Waals surface area contributed by atoms with Gasteiger partial charge >= 0.3 is 5.69 Å². The van der Waals surface area contributed by atoms with Gasteiger partial charge in [0.25, 0.3) is 5.91 Å². The maximum Gasteiger partial charge on any atom is 0.304 e. The molecule has 1 aliphatic heterocycles. The van der Waals surface area contributed by atoms with E-state index in [2.05, 4.69) is 0 Å². The lowest BCUT2D eigenvalue weighted by Crippen LogP contribution is -2.36. The van der Waals surface area contributed by atoms with Crippen LogP contribution in [0.5, 0.6) is 0 Å². The summed E-state index contributed by atoms with van der Waals surface area (Å²) < 4.78 is 0. The van der Waals surface area contributed by atoms with Crippen molar-refractivity contribution in [3.8, 4) is 0 Å². The molecule has 1 aromatic carbocycles. The van der Waals surface area contributed by atoms with Gasteiger partial charge in [0.2, 0.25) is 0 Å². The Kier molecular flexibility index (Phi) is 4.74. The number of nitrogen functional groups attached to an aromatic ring is 1. The van der Waals surface area contributed by atoms with E-state index >= 15 is 0 Å². The minimum absolute atomic E-state index is 0.00282. The molecule has 1 amide bonds. The first-order valence-electron chi connectivity index (χ1n) is 7.01. The van der Waals surface area contributed by atoms with Gasteiger partial charge in [0.1, 0.15) is 11.3 Å². The molecule has 1 aliphatic rings. The number of carbonyl (C=O) groups is 1. The molecule has 1 atom stereocenters. The normalized spacial score (nSPS) is 18.0. The van der Waals surface area contributed by atoms with Crippen LogP contribution in [-0.2, 0) is 0 Å². The molecule has 2 rings (SSSR count). The molecule has 21 heavy (non-hydrogen) atoms. The van der Waals surface area contributed by atoms with E-state index in [-0.39, 0.29) is 35.5 Å². The predicted octanol–water partition coefficient (Wildman–Crippen LogP) is 1.55. The van der Waals surface area contributed by atoms with Gasteiger partial charge in [-0.2, -0.15) is 0 Å². The molecule has 0 spiro atoms. The van der Waals surface area contributed by atoms with Crippen LogP contribution in [0.3, 0.4) is 0 Å². The lowest BCUT2D eigenvalue weighted by molar-refractivity contribution is -0.384. The average Bonchev–Trinajstić information content (AvgIpc) is 2.91. The van der Waals surface area contributed by atoms with Crippen molar-refractivity contribution in [2.24, 2.45) is 0 Å². The first kappa shape index (κ1) is 15.2. The summed E-state index contributed by atoms with van der Waals surface area (Å²) in [5, 5.41) is 20.0. The van der Waals surface area contributed by atoms with Crippen molar-refractivity contribution in [2.75, 3.05) is 18.9 Å². The molecule has 114 valence electrons. The van der Waals surface area contributed by atoms with Crippen molar-refractivity contribution in [1.29, 1.82) is 0 Å². The average molecular weight is 293 g/mol. The Bertz CT molecular complexity index is 547. The van der Waals surface area contributed by atoms with Crippen molar-refractivity contribution < 1.29 is 14.8 Å². The van der Waals surface area contributed by atoms with Crippen LogP contribution in [0.2, 0.25) is 0 Å². The van der Waals surface area contributed by atoms with Gasteiger partial charge in [0, 0.05) is 19.2 Å². The number of carbonyl (C=O) groups excluding carboxylic acids is 1. The summed E-state index contributed by atoms with van der Waals surface area (Å²) in [6.45, 7) is 0.665. The minimum atomic E-state index is -0.610. The molecule has 1 fully saturated rings. The zero-order chi connectivity index (χ0) is 15.4. The molecule has 1 aromatic rings. The number of aliphatic hydroxyl groups is 1. The molecule has 1 heterocycles. The molecule has 7 nitrogen and oxygen atoms in total. The minimum Gasteiger partial charge on any atom is -0.396 e. The number of nitrogens with two attached hydrogens (primary N) is 1. The van der Waals surface area contributed by atoms with Crippen LogP contribution in [0.4, 0.5) is 11.4 Å². The number of amides is 1. The molecule has 1 saturated heterocycles. The number of aliphatic hydroxyl groups excluding tert-OH is 1. The van der Waals surface area contributed by atoms with E-state index in [1.54, 1.807) is 11.0 Å². The zero-order valence-electron chi connectivity index (χ0n) is 11.7. The lowest BCUT2D eigenvalue weighted by Gasteiger charge is -2.24. The monoisotopic (exact) mass is 293 g/mol. The second-order valence-corrected chi connectivity index (χ2v) is 5.16. The van der Waals surface area contributed by atoms with E-state index in [1.807, 2.05) is 0 Å². The molecule has 0 radical (unpaired) electrons. The highest BCUT2D eigenvalue weighted by atomic mass is 16.6. The highest BCUT2D eigenvalue weighted by Crippen LogP contribution is 2.30. The molecule has 3 N–H and O–H groups in total. The van der Waals surface area contributed by atoms with Crippen molar-refractivity contribution in [3.05, 3.63) is 33.9 Å². The summed E-state index contributed by atoms with van der Waals surface area (Å²) >= 11 is 0. The fourth-order valence-corrected chi connectivity index (χ4v) is 2.82. The fraction of sp³-hybridized carbons (Fsp3) is 0.500. The number of hydrogen-bond acceptors (Lipinski definition) is 5. The molecular formula is C14H19N3O4. The van der Waals surface area contributed by atoms with E-state index in [1.165, 1.54) is 12.1 Å². The van der Waals surface area contributed by atoms with Gasteiger partial charge in [-0.05, 0) is 37.8 Å². The van der Waals surface area contributed by atoms with Gasteiger partial charge in [0.05, 0.1) is 4.92 Å². The van der Waals surface area contributed by atoms with Gasteiger partial charge in [-0.25, -0.2) is 0 Å². The van der Waals surface area contributed by atoms with E-state index in [4.69, 9.17) is 10.8 Å². The van der Waals surface area contributed by atoms with Gasteiger partial charge in [0.15, 0.2) is 0 Å². The van der Waals surface area contributed by atoms with Crippen molar-refractivity contribution in [1.82, 2.24) is 4.90 Å². The number of rotatable bonds is 5. The Morgan fingerprint density at radius 3 is 2.95 bits per heavy atom. The zero-order valence-corrected chi connectivity index (χ0v) is 11.7. The van der Waals surface area contributed by atoms with E-state index in [0.717, 1.165) is 12.8 Å². The molecule has 0 aromatic heterocycles. The van der Waals surface area contributed by atoms with Crippen LogP contribution >= 0.6 is 0 Å². The van der Waals surface area contributed by atoms with E-state index in [0.29, 0.717) is 19.4 Å². The summed E-state index contributed by atoms with van der Waals surface area (Å²) in [7, 11) is 0. The summed E-state index contributed by atoms with van der Waals surface area (Å²) in [4.78, 5) is 24.8. The third-order valence-corrected chi connectivity index (χ3v) is 3.81. The lowest BCUT2D eigenvalue weighted by atomic mass is 10.1. The number of nitro benzene ring substituents is 1. The summed E-state index contributed by atoms with van der Waals surface area (Å²) in [5.41, 5.74) is 5.34. The van der Waals surface area contributed by atoms with Crippen molar-refractivity contribution in [3.63, 3.8) is 0 Å². The van der Waals surface area contributed by atoms with Crippen molar-refractivity contribution >= 4 is 17.3 Å². The second kappa shape index (κ2) is 6.53. The van der Waals surface area contributed by atoms with Crippen LogP contribution < -0.4 is 5.73 Å². The van der Waals surface area contributed by atoms with Crippen LogP contribution in [0.15, 0.2) is 18.2 Å². The first-order chi connectivity index (χ1) is 10.1. The first-order valence-corrected chi connectivity index (χ1v) is 7.01. The second-order valence-electron chi connectivity index (χ2n) is 5.16. The maximum atomic E-state index is 12.6. The maximum absolute atomic E-state index is 12.6. The number of benzene rings is 1. The molecule has 0 aliphatic carbocycles. The molecular weight excluding hydrogens is 274 g/mol. The number of nitro groups is 1. The molecule has 0 bridgehead atoms. The SMILES string of the molecule is Nc1cccc(C(=O)N2CCCC2CCCO)c1[N+](=O)[O-]. The highest BCUT2D eigenvalue weighted by Gasteiger charge is 2.33. The predicted molar refractivity (Wildman–Crippen MR) is 77.9 cm³/mol. The molecule has 1 unspecified atom stereocenters. The fourth-order valence-electron chi connectivity index (χ4n) is 2.82. The summed E-state index contributed by atoms with van der Waals surface area (Å²) in [6.07, 6.45) is 3.06. The van der Waals surface area contributed by atoms with Gasteiger partial charge in [-0.3, -0.25) is 14.9 Å². The Morgan fingerprint density at radius 2 is 2.29 bits per heavy atom. The number of anilines is 1. The van der Waals surface area contributed by atoms with Crippen LogP contribution in [0.25, 0.3) is 0 Å². The van der Waals surface area contributed by atoms with E-state index in [9.17, 15) is 14.9 Å². The number of hydrogen-bond donors (Lipinski definition) is 2. The number of nitrogens with zero attached hydrogens (tertiary/aromatic N) is 2. The number of likely N-dealkylation sites (tertiary alicyclic amines) is 1. The third kappa shape index (κ3) is 3.13. The van der Waals surface area contributed by atoms with Crippen LogP contribution in [-0.4, -0.2) is 40.0 Å². The molecule has 0 saturated carbocycles. The summed E-state index contributed by atoms with van der Waals surface area (Å²) in [6, 6.07) is 4.44. The van der Waals surface area contributed by atoms with Gasteiger partial charge < -0.3 is 15.7 Å². The van der Waals surface area contributed by atoms with E-state index < -0.39 is 4.92 Å². The Morgan fingerprint density at radius 1 is 1.52 bits per heavy atom. The van der Waals surface area contributed by atoms with Crippen LogP contribution in [0.1, 0.15) is 36.0 Å². The Labute approximate surface area is 122 Å². The van der Waals surface area contributed by atoms with Crippen LogP contribution in [0, 0.1) is 10.1 Å². The Balaban J connectivity index is 2.27. The summed E-state index contributed by atoms with van der Waals surface area (Å²) in [5.74, 6) is -0.352. The quantitative estimate of drug-likeness (QED) is 0.486. The van der Waals surface area contributed by atoms with Crippen molar-refractivity contribution in [2.45, 2.75) is 31.7 Å². The topological polar surface area (TPSA) is 110 Å². The smallest absolute Gasteiger partial charge is 0.304 e. The molecule has 7 heteroatoms. The van der Waals surface area contributed by atoms with Gasteiger partial charge in [-0.15, -0.1) is 0 Å². The number of para-hydroxylation sites is 1. The third-order valence-electron chi connectivity index (χ3n) is 3.81. The highest BCUT2D eigenvalue weighted by molar-refractivity contribution is 6.00. The largest absolute Gasteiger partial charge is 0.396 e. The standard InChI is InChI=1S/C14H19N3O4/c15-12-7-1-6-11(13(12)17(20)21)14(19)16-8-2-4-10(16)5-3-9-18/h1,6-7,10,18H,2-5,8-9,15H2. The Hall–Kier alpha value is -2.15.